The monoisotopic (exact) mass is 372 g/mol. The lowest BCUT2D eigenvalue weighted by Gasteiger charge is -2.30. The Hall–Kier alpha value is -2.04. The number of carbonyl (C=O) groups is 2. The number of anilines is 1. The molecule has 1 aromatic carbocycles. The largest absolute Gasteiger partial charge is 0.492 e. The van der Waals surface area contributed by atoms with E-state index in [2.05, 4.69) is 10.6 Å². The summed E-state index contributed by atoms with van der Waals surface area (Å²) in [5.41, 5.74) is 0.724. The number of hydrogen-bond donors (Lipinski definition) is 2. The molecule has 0 aromatic heterocycles. The summed E-state index contributed by atoms with van der Waals surface area (Å²) >= 11 is 0. The molecule has 1 aromatic rings. The molecule has 0 radical (unpaired) electrons. The number of amides is 2. The van der Waals surface area contributed by atoms with Gasteiger partial charge in [-0.1, -0.05) is 31.4 Å². The zero-order valence-corrected chi connectivity index (χ0v) is 16.3. The van der Waals surface area contributed by atoms with Gasteiger partial charge in [0.1, 0.15) is 5.75 Å². The Balaban J connectivity index is 1.47. The topological polar surface area (TPSA) is 67.4 Å². The Kier molecular flexibility index (Phi) is 7.13. The third-order valence-corrected chi connectivity index (χ3v) is 5.87. The fourth-order valence-electron chi connectivity index (χ4n) is 4.27. The molecule has 0 unspecified atom stereocenters. The molecule has 0 heterocycles. The highest BCUT2D eigenvalue weighted by molar-refractivity contribution is 5.94. The van der Waals surface area contributed by atoms with Gasteiger partial charge >= 0.3 is 0 Å². The number of benzene rings is 1. The molecule has 2 aliphatic carbocycles. The number of carbonyl (C=O) groups excluding carboxylic acids is 2. The maximum atomic E-state index is 12.7. The van der Waals surface area contributed by atoms with Crippen molar-refractivity contribution in [3.05, 3.63) is 24.3 Å². The van der Waals surface area contributed by atoms with Crippen molar-refractivity contribution in [2.45, 2.75) is 70.8 Å². The van der Waals surface area contributed by atoms with Gasteiger partial charge in [-0.05, 0) is 57.6 Å². The second-order valence-electron chi connectivity index (χ2n) is 7.81. The van der Waals surface area contributed by atoms with Crippen molar-refractivity contribution in [3.8, 4) is 5.75 Å². The molecule has 5 nitrogen and oxygen atoms in total. The third kappa shape index (κ3) is 5.47. The number of para-hydroxylation sites is 2. The van der Waals surface area contributed by atoms with Crippen LogP contribution in [0.1, 0.15) is 64.7 Å². The minimum absolute atomic E-state index is 0.0292. The van der Waals surface area contributed by atoms with Gasteiger partial charge in [0.05, 0.1) is 12.3 Å². The van der Waals surface area contributed by atoms with Crippen LogP contribution in [0.15, 0.2) is 24.3 Å². The van der Waals surface area contributed by atoms with Gasteiger partial charge in [0.25, 0.3) is 0 Å². The van der Waals surface area contributed by atoms with Gasteiger partial charge in [0.2, 0.25) is 11.8 Å². The lowest BCUT2D eigenvalue weighted by Crippen LogP contribution is -2.41. The highest BCUT2D eigenvalue weighted by atomic mass is 16.5. The first kappa shape index (κ1) is 19.7. The van der Waals surface area contributed by atoms with E-state index in [4.69, 9.17) is 4.74 Å². The van der Waals surface area contributed by atoms with Crippen LogP contribution in [0.5, 0.6) is 5.75 Å². The van der Waals surface area contributed by atoms with Crippen molar-refractivity contribution in [2.75, 3.05) is 11.9 Å². The molecule has 3 rings (SSSR count). The van der Waals surface area contributed by atoms with Crippen molar-refractivity contribution >= 4 is 17.5 Å². The summed E-state index contributed by atoms with van der Waals surface area (Å²) in [7, 11) is 0. The first-order chi connectivity index (χ1) is 13.2. The van der Waals surface area contributed by atoms with Crippen molar-refractivity contribution in [1.29, 1.82) is 0 Å². The smallest absolute Gasteiger partial charge is 0.227 e. The molecule has 2 N–H and O–H groups in total. The second kappa shape index (κ2) is 9.77. The lowest BCUT2D eigenvalue weighted by atomic mass is 9.80. The van der Waals surface area contributed by atoms with Crippen LogP contribution >= 0.6 is 0 Å². The predicted molar refractivity (Wildman–Crippen MR) is 107 cm³/mol. The van der Waals surface area contributed by atoms with Crippen LogP contribution in [0, 0.1) is 11.8 Å². The summed E-state index contributed by atoms with van der Waals surface area (Å²) in [6.45, 7) is 2.49. The maximum Gasteiger partial charge on any atom is 0.227 e. The average Bonchev–Trinajstić information content (AvgIpc) is 2.70. The molecule has 2 amide bonds. The number of ether oxygens (including phenoxy) is 1. The van der Waals surface area contributed by atoms with E-state index in [0.717, 1.165) is 44.2 Å². The van der Waals surface area contributed by atoms with Crippen molar-refractivity contribution in [2.24, 2.45) is 11.8 Å². The normalized spacial score (nSPS) is 23.4. The third-order valence-electron chi connectivity index (χ3n) is 5.87. The van der Waals surface area contributed by atoms with E-state index in [0.29, 0.717) is 18.4 Å². The van der Waals surface area contributed by atoms with Crippen LogP contribution in [0.2, 0.25) is 0 Å². The van der Waals surface area contributed by atoms with Gasteiger partial charge in [-0.3, -0.25) is 9.59 Å². The van der Waals surface area contributed by atoms with Crippen LogP contribution in [0.4, 0.5) is 5.69 Å². The van der Waals surface area contributed by atoms with Crippen LogP contribution in [-0.2, 0) is 9.59 Å². The average molecular weight is 373 g/mol. The first-order valence-corrected chi connectivity index (χ1v) is 10.5. The zero-order valence-electron chi connectivity index (χ0n) is 16.3. The summed E-state index contributed by atoms with van der Waals surface area (Å²) in [4.78, 5) is 25.2. The molecule has 2 aliphatic rings. The zero-order chi connectivity index (χ0) is 19.1. The maximum absolute atomic E-state index is 12.7. The highest BCUT2D eigenvalue weighted by Crippen LogP contribution is 2.32. The SMILES string of the molecule is CCOc1ccccc1NC(=O)C1CCC(C(=O)NC2CCCCC2)CC1. The van der Waals surface area contributed by atoms with Crippen LogP contribution in [-0.4, -0.2) is 24.5 Å². The van der Waals surface area contributed by atoms with E-state index in [1.165, 1.54) is 19.3 Å². The molecular formula is C22H32N2O3. The van der Waals surface area contributed by atoms with E-state index in [1.807, 2.05) is 31.2 Å². The van der Waals surface area contributed by atoms with Crippen LogP contribution < -0.4 is 15.4 Å². The number of nitrogens with one attached hydrogen (secondary N) is 2. The predicted octanol–water partition coefficient (Wildman–Crippen LogP) is 4.28. The molecule has 2 fully saturated rings. The van der Waals surface area contributed by atoms with Gasteiger partial charge in [0, 0.05) is 17.9 Å². The van der Waals surface area contributed by atoms with E-state index in [9.17, 15) is 9.59 Å². The van der Waals surface area contributed by atoms with Gasteiger partial charge in [-0.15, -0.1) is 0 Å². The molecular weight excluding hydrogens is 340 g/mol. The molecule has 0 aliphatic heterocycles. The molecule has 0 atom stereocenters. The standard InChI is InChI=1S/C22H32N2O3/c1-2-27-20-11-7-6-10-19(20)24-22(26)17-14-12-16(13-15-17)21(25)23-18-8-4-3-5-9-18/h6-7,10-11,16-18H,2-5,8-9,12-15H2,1H3,(H,23,25)(H,24,26). The fraction of sp³-hybridized carbons (Fsp3) is 0.636. The summed E-state index contributed by atoms with van der Waals surface area (Å²) in [6, 6.07) is 7.89. The van der Waals surface area contributed by atoms with Crippen LogP contribution in [0.25, 0.3) is 0 Å². The Bertz CT molecular complexity index is 632. The van der Waals surface area contributed by atoms with Crippen molar-refractivity contribution in [1.82, 2.24) is 5.32 Å². The van der Waals surface area contributed by atoms with Gasteiger partial charge in [0.15, 0.2) is 0 Å². The Morgan fingerprint density at radius 1 is 0.926 bits per heavy atom. The lowest BCUT2D eigenvalue weighted by molar-refractivity contribution is -0.129. The Labute approximate surface area is 162 Å². The minimum Gasteiger partial charge on any atom is -0.492 e. The minimum atomic E-state index is -0.0292. The molecule has 0 spiro atoms. The van der Waals surface area contributed by atoms with Gasteiger partial charge in [-0.2, -0.15) is 0 Å². The molecule has 27 heavy (non-hydrogen) atoms. The highest BCUT2D eigenvalue weighted by Gasteiger charge is 2.31. The van der Waals surface area contributed by atoms with Crippen LogP contribution in [0.3, 0.4) is 0 Å². The van der Waals surface area contributed by atoms with Gasteiger partial charge < -0.3 is 15.4 Å². The second-order valence-corrected chi connectivity index (χ2v) is 7.81. The molecule has 148 valence electrons. The molecule has 2 saturated carbocycles. The summed E-state index contributed by atoms with van der Waals surface area (Å²) in [5.74, 6) is 0.967. The summed E-state index contributed by atoms with van der Waals surface area (Å²) < 4.78 is 5.58. The molecule has 5 heteroatoms. The molecule has 0 saturated heterocycles. The summed E-state index contributed by atoms with van der Waals surface area (Å²) in [5, 5.41) is 6.25. The number of rotatable bonds is 6. The van der Waals surface area contributed by atoms with E-state index >= 15 is 0 Å². The van der Waals surface area contributed by atoms with E-state index in [-0.39, 0.29) is 23.7 Å². The fourth-order valence-corrected chi connectivity index (χ4v) is 4.27. The Morgan fingerprint density at radius 2 is 1.56 bits per heavy atom. The van der Waals surface area contributed by atoms with Gasteiger partial charge in [-0.25, -0.2) is 0 Å². The first-order valence-electron chi connectivity index (χ1n) is 10.5. The van der Waals surface area contributed by atoms with Crippen molar-refractivity contribution < 1.29 is 14.3 Å². The Morgan fingerprint density at radius 3 is 2.22 bits per heavy atom. The quantitative estimate of drug-likeness (QED) is 0.783. The van der Waals surface area contributed by atoms with E-state index < -0.39 is 0 Å². The molecule has 0 bridgehead atoms. The van der Waals surface area contributed by atoms with Crippen molar-refractivity contribution in [3.63, 3.8) is 0 Å². The number of hydrogen-bond acceptors (Lipinski definition) is 3. The summed E-state index contributed by atoms with van der Waals surface area (Å²) in [6.07, 6.45) is 9.09. The van der Waals surface area contributed by atoms with E-state index in [1.54, 1.807) is 0 Å².